The zero-order valence-electron chi connectivity index (χ0n) is 9.75. The van der Waals surface area contributed by atoms with E-state index >= 15 is 0 Å². The second kappa shape index (κ2) is 5.13. The summed E-state index contributed by atoms with van der Waals surface area (Å²) < 4.78 is 10.0. The van der Waals surface area contributed by atoms with Crippen LogP contribution >= 0.6 is 0 Å². The lowest BCUT2D eigenvalue weighted by Crippen LogP contribution is -2.26. The van der Waals surface area contributed by atoms with Crippen molar-refractivity contribution in [2.45, 2.75) is 31.8 Å². The van der Waals surface area contributed by atoms with Crippen LogP contribution in [0.2, 0.25) is 0 Å². The van der Waals surface area contributed by atoms with Crippen molar-refractivity contribution in [3.8, 4) is 0 Å². The molecule has 1 aromatic rings. The Morgan fingerprint density at radius 2 is 2.28 bits per heavy atom. The van der Waals surface area contributed by atoms with E-state index in [1.54, 1.807) is 0 Å². The standard InChI is InChI=1S/C10H13N3O5/c1-5(9(15)16)17-4-7(14)11-10-13-12-8(18-10)6-2-3-6/h5-6H,2-4H2,1H3,(H,15,16)(H,11,13,14)/t5-/m1/s1. The molecule has 0 saturated heterocycles. The molecule has 98 valence electrons. The molecule has 0 radical (unpaired) electrons. The van der Waals surface area contributed by atoms with E-state index < -0.39 is 18.0 Å². The van der Waals surface area contributed by atoms with Gasteiger partial charge >= 0.3 is 12.0 Å². The predicted molar refractivity (Wildman–Crippen MR) is 58.0 cm³/mol. The van der Waals surface area contributed by atoms with E-state index in [1.165, 1.54) is 6.92 Å². The fourth-order valence-corrected chi connectivity index (χ4v) is 1.21. The third-order valence-electron chi connectivity index (χ3n) is 2.43. The highest BCUT2D eigenvalue weighted by Crippen LogP contribution is 2.39. The summed E-state index contributed by atoms with van der Waals surface area (Å²) in [5.41, 5.74) is 0. The summed E-state index contributed by atoms with van der Waals surface area (Å²) in [5.74, 6) is -0.831. The highest BCUT2D eigenvalue weighted by molar-refractivity contribution is 5.89. The Balaban J connectivity index is 1.77. The van der Waals surface area contributed by atoms with Crippen LogP contribution in [0, 0.1) is 0 Å². The van der Waals surface area contributed by atoms with Crippen LogP contribution in [0.5, 0.6) is 0 Å². The van der Waals surface area contributed by atoms with Crippen molar-refractivity contribution in [1.82, 2.24) is 10.2 Å². The SMILES string of the molecule is C[C@@H](OCC(=O)Nc1nnc(C2CC2)o1)C(=O)O. The number of nitrogens with zero attached hydrogens (tertiary/aromatic N) is 2. The van der Waals surface area contributed by atoms with Gasteiger partial charge in [-0.3, -0.25) is 10.1 Å². The molecule has 1 aliphatic rings. The average Bonchev–Trinajstić information content (AvgIpc) is 3.07. The van der Waals surface area contributed by atoms with Crippen molar-refractivity contribution in [3.63, 3.8) is 0 Å². The van der Waals surface area contributed by atoms with Gasteiger partial charge in [-0.25, -0.2) is 4.79 Å². The smallest absolute Gasteiger partial charge is 0.332 e. The summed E-state index contributed by atoms with van der Waals surface area (Å²) in [7, 11) is 0. The van der Waals surface area contributed by atoms with Crippen LogP contribution in [0.15, 0.2) is 4.42 Å². The summed E-state index contributed by atoms with van der Waals surface area (Å²) in [6.07, 6.45) is 1.00. The molecule has 1 heterocycles. The van der Waals surface area contributed by atoms with E-state index in [1.807, 2.05) is 0 Å². The largest absolute Gasteiger partial charge is 0.479 e. The van der Waals surface area contributed by atoms with Crippen LogP contribution in [-0.2, 0) is 14.3 Å². The first kappa shape index (κ1) is 12.5. The van der Waals surface area contributed by atoms with Crippen LogP contribution in [-0.4, -0.2) is 39.9 Å². The average molecular weight is 255 g/mol. The van der Waals surface area contributed by atoms with Crippen LogP contribution in [0.25, 0.3) is 0 Å². The highest BCUT2D eigenvalue weighted by atomic mass is 16.5. The Morgan fingerprint density at radius 3 is 2.89 bits per heavy atom. The third-order valence-corrected chi connectivity index (χ3v) is 2.43. The number of carboxylic acid groups (broad SMARTS) is 1. The van der Waals surface area contributed by atoms with Crippen molar-refractivity contribution >= 4 is 17.9 Å². The van der Waals surface area contributed by atoms with Crippen LogP contribution < -0.4 is 5.32 Å². The number of carbonyl (C=O) groups excluding carboxylic acids is 1. The lowest BCUT2D eigenvalue weighted by Gasteiger charge is -2.06. The zero-order chi connectivity index (χ0) is 13.1. The van der Waals surface area contributed by atoms with E-state index in [2.05, 4.69) is 15.5 Å². The molecule has 1 fully saturated rings. The number of aliphatic carboxylic acids is 1. The monoisotopic (exact) mass is 255 g/mol. The molecule has 2 N–H and O–H groups in total. The molecule has 8 heteroatoms. The molecular weight excluding hydrogens is 242 g/mol. The van der Waals surface area contributed by atoms with Crippen molar-refractivity contribution in [2.75, 3.05) is 11.9 Å². The van der Waals surface area contributed by atoms with Gasteiger partial charge in [-0.15, -0.1) is 5.10 Å². The van der Waals surface area contributed by atoms with Gasteiger partial charge < -0.3 is 14.3 Å². The molecule has 18 heavy (non-hydrogen) atoms. The molecule has 0 bridgehead atoms. The first-order chi connectivity index (χ1) is 8.56. The number of carboxylic acids is 1. The molecular formula is C10H13N3O5. The first-order valence-corrected chi connectivity index (χ1v) is 5.54. The minimum Gasteiger partial charge on any atom is -0.479 e. The van der Waals surface area contributed by atoms with Gasteiger partial charge in [0, 0.05) is 5.92 Å². The second-order valence-corrected chi connectivity index (χ2v) is 4.06. The van der Waals surface area contributed by atoms with Gasteiger partial charge in [-0.05, 0) is 19.8 Å². The third kappa shape index (κ3) is 3.27. The molecule has 1 aliphatic carbocycles. The van der Waals surface area contributed by atoms with Gasteiger partial charge in [0.25, 0.3) is 5.91 Å². The molecule has 0 spiro atoms. The Morgan fingerprint density at radius 1 is 1.56 bits per heavy atom. The minimum absolute atomic E-state index is 0.00785. The van der Waals surface area contributed by atoms with Crippen LogP contribution in [0.1, 0.15) is 31.6 Å². The van der Waals surface area contributed by atoms with Crippen molar-refractivity contribution in [1.29, 1.82) is 0 Å². The number of nitrogens with one attached hydrogen (secondary N) is 1. The van der Waals surface area contributed by atoms with E-state index in [0.29, 0.717) is 11.8 Å². The fraction of sp³-hybridized carbons (Fsp3) is 0.600. The molecule has 0 unspecified atom stereocenters. The number of hydrogen-bond donors (Lipinski definition) is 2. The van der Waals surface area contributed by atoms with Crippen molar-refractivity contribution < 1.29 is 23.8 Å². The lowest BCUT2D eigenvalue weighted by molar-refractivity contribution is -0.150. The zero-order valence-corrected chi connectivity index (χ0v) is 9.75. The molecule has 1 amide bonds. The molecule has 1 atom stereocenters. The molecule has 0 aliphatic heterocycles. The summed E-state index contributed by atoms with van der Waals surface area (Å²) in [6, 6.07) is 0.00785. The maximum absolute atomic E-state index is 11.4. The van der Waals surface area contributed by atoms with Gasteiger partial charge in [0.2, 0.25) is 5.89 Å². The Bertz CT molecular complexity index is 454. The van der Waals surface area contributed by atoms with Crippen molar-refractivity contribution in [3.05, 3.63) is 5.89 Å². The quantitative estimate of drug-likeness (QED) is 0.754. The van der Waals surface area contributed by atoms with Gasteiger partial charge in [0.15, 0.2) is 6.10 Å². The first-order valence-electron chi connectivity index (χ1n) is 5.54. The summed E-state index contributed by atoms with van der Waals surface area (Å²) in [5, 5.41) is 18.3. The number of hydrogen-bond acceptors (Lipinski definition) is 6. The van der Waals surface area contributed by atoms with Gasteiger partial charge in [0.05, 0.1) is 0 Å². The summed E-state index contributed by atoms with van der Waals surface area (Å²) in [4.78, 5) is 21.8. The number of carbonyl (C=O) groups is 2. The van der Waals surface area contributed by atoms with E-state index in [4.69, 9.17) is 14.3 Å². The lowest BCUT2D eigenvalue weighted by atomic mass is 10.4. The fourth-order valence-electron chi connectivity index (χ4n) is 1.21. The van der Waals surface area contributed by atoms with E-state index in [0.717, 1.165) is 12.8 Å². The highest BCUT2D eigenvalue weighted by Gasteiger charge is 2.29. The number of anilines is 1. The van der Waals surface area contributed by atoms with Crippen LogP contribution in [0.4, 0.5) is 6.01 Å². The van der Waals surface area contributed by atoms with Gasteiger partial charge in [-0.1, -0.05) is 5.10 Å². The minimum atomic E-state index is -1.13. The number of rotatable bonds is 6. The maximum atomic E-state index is 11.4. The molecule has 1 saturated carbocycles. The molecule has 0 aromatic carbocycles. The number of amides is 1. The summed E-state index contributed by atoms with van der Waals surface area (Å²) in [6.45, 7) is 0.960. The number of ether oxygens (including phenoxy) is 1. The molecule has 2 rings (SSSR count). The molecule has 1 aromatic heterocycles. The Hall–Kier alpha value is -1.96. The van der Waals surface area contributed by atoms with E-state index in [9.17, 15) is 9.59 Å². The summed E-state index contributed by atoms with van der Waals surface area (Å²) >= 11 is 0. The number of aromatic nitrogens is 2. The topological polar surface area (TPSA) is 115 Å². The van der Waals surface area contributed by atoms with Crippen molar-refractivity contribution in [2.24, 2.45) is 0 Å². The van der Waals surface area contributed by atoms with Crippen LogP contribution in [0.3, 0.4) is 0 Å². The second-order valence-electron chi connectivity index (χ2n) is 4.06. The van der Waals surface area contributed by atoms with E-state index in [-0.39, 0.29) is 12.6 Å². The Kier molecular flexibility index (Phi) is 3.56. The Labute approximate surface area is 102 Å². The van der Waals surface area contributed by atoms with Gasteiger partial charge in [-0.2, -0.15) is 0 Å². The molecule has 8 nitrogen and oxygen atoms in total. The predicted octanol–water partition coefficient (Wildman–Crippen LogP) is 0.375. The normalized spacial score (nSPS) is 16.3. The van der Waals surface area contributed by atoms with Gasteiger partial charge in [0.1, 0.15) is 6.61 Å². The maximum Gasteiger partial charge on any atom is 0.332 e.